The number of rotatable bonds is 5. The van der Waals surface area contributed by atoms with Gasteiger partial charge in [0.2, 0.25) is 0 Å². The fourth-order valence-electron chi connectivity index (χ4n) is 1.32. The summed E-state index contributed by atoms with van der Waals surface area (Å²) in [6.45, 7) is 3.87. The Morgan fingerprint density at radius 2 is 2.00 bits per heavy atom. The first-order chi connectivity index (χ1) is 7.53. The average Bonchev–Trinajstić information content (AvgIpc) is 2.27. The molecule has 16 heavy (non-hydrogen) atoms. The Morgan fingerprint density at radius 1 is 1.38 bits per heavy atom. The molecule has 0 bridgehead atoms. The first-order valence-corrected chi connectivity index (χ1v) is 6.42. The fourth-order valence-corrected chi connectivity index (χ4v) is 2.17. The summed E-state index contributed by atoms with van der Waals surface area (Å²) in [4.78, 5) is 1.28. The van der Waals surface area contributed by atoms with E-state index in [2.05, 4.69) is 37.3 Å². The van der Waals surface area contributed by atoms with Crippen LogP contribution in [0.3, 0.4) is 0 Å². The van der Waals surface area contributed by atoms with Crippen molar-refractivity contribution in [2.45, 2.75) is 37.1 Å². The second kappa shape index (κ2) is 5.93. The summed E-state index contributed by atoms with van der Waals surface area (Å²) in [5, 5.41) is 8.76. The molecule has 0 aliphatic carbocycles. The van der Waals surface area contributed by atoms with Crippen LogP contribution in [0, 0.1) is 18.3 Å². The van der Waals surface area contributed by atoms with Crippen molar-refractivity contribution in [3.63, 3.8) is 0 Å². The Morgan fingerprint density at radius 3 is 2.56 bits per heavy atom. The topological polar surface area (TPSA) is 49.8 Å². The number of nitriles is 1. The standard InChI is InChI=1S/C13H18N2S/c1-11-4-6-12(7-5-11)16-9-3-8-13(2,15)10-14/h4-7H,3,8-9,15H2,1-2H3. The highest BCUT2D eigenvalue weighted by atomic mass is 32.2. The third kappa shape index (κ3) is 4.69. The predicted octanol–water partition coefficient (Wildman–Crippen LogP) is 3.11. The Bertz CT molecular complexity index is 363. The van der Waals surface area contributed by atoms with E-state index in [9.17, 15) is 0 Å². The van der Waals surface area contributed by atoms with Crippen molar-refractivity contribution in [3.05, 3.63) is 29.8 Å². The number of hydrogen-bond acceptors (Lipinski definition) is 3. The van der Waals surface area contributed by atoms with Crippen LogP contribution in [0.25, 0.3) is 0 Å². The molecule has 1 aromatic carbocycles. The molecule has 1 rings (SSSR count). The zero-order valence-corrected chi connectivity index (χ0v) is 10.7. The molecule has 86 valence electrons. The van der Waals surface area contributed by atoms with Gasteiger partial charge in [-0.2, -0.15) is 5.26 Å². The number of thioether (sulfide) groups is 1. The van der Waals surface area contributed by atoms with Gasteiger partial charge in [0.05, 0.1) is 6.07 Å². The van der Waals surface area contributed by atoms with Gasteiger partial charge in [0.1, 0.15) is 5.54 Å². The maximum absolute atomic E-state index is 8.76. The quantitative estimate of drug-likeness (QED) is 0.629. The van der Waals surface area contributed by atoms with E-state index in [0.717, 1.165) is 18.6 Å². The molecule has 0 radical (unpaired) electrons. The molecule has 2 N–H and O–H groups in total. The SMILES string of the molecule is Cc1ccc(SCCCC(C)(N)C#N)cc1. The highest BCUT2D eigenvalue weighted by molar-refractivity contribution is 7.99. The first kappa shape index (κ1) is 13.1. The molecule has 0 amide bonds. The number of nitrogens with zero attached hydrogens (tertiary/aromatic N) is 1. The molecular weight excluding hydrogens is 216 g/mol. The second-order valence-corrected chi connectivity index (χ2v) is 5.46. The summed E-state index contributed by atoms with van der Waals surface area (Å²) < 4.78 is 0. The van der Waals surface area contributed by atoms with Crippen LogP contribution < -0.4 is 5.73 Å². The normalized spacial score (nSPS) is 14.1. The van der Waals surface area contributed by atoms with Gasteiger partial charge in [-0.1, -0.05) is 17.7 Å². The number of hydrogen-bond donors (Lipinski definition) is 1. The van der Waals surface area contributed by atoms with Crippen molar-refractivity contribution in [1.29, 1.82) is 5.26 Å². The van der Waals surface area contributed by atoms with E-state index < -0.39 is 5.54 Å². The van der Waals surface area contributed by atoms with Crippen LogP contribution in [0.5, 0.6) is 0 Å². The van der Waals surface area contributed by atoms with Crippen LogP contribution in [0.1, 0.15) is 25.3 Å². The lowest BCUT2D eigenvalue weighted by molar-refractivity contribution is 0.540. The van der Waals surface area contributed by atoms with Crippen molar-refractivity contribution in [2.24, 2.45) is 5.73 Å². The minimum absolute atomic E-state index is 0.673. The lowest BCUT2D eigenvalue weighted by Crippen LogP contribution is -2.33. The minimum Gasteiger partial charge on any atom is -0.314 e. The molecule has 0 aromatic heterocycles. The van der Waals surface area contributed by atoms with Gasteiger partial charge in [-0.05, 0) is 44.6 Å². The predicted molar refractivity (Wildman–Crippen MR) is 69.3 cm³/mol. The Kier molecular flexibility index (Phi) is 4.85. The molecule has 0 heterocycles. The van der Waals surface area contributed by atoms with Crippen molar-refractivity contribution < 1.29 is 0 Å². The van der Waals surface area contributed by atoms with Gasteiger partial charge in [-0.25, -0.2) is 0 Å². The van der Waals surface area contributed by atoms with Crippen LogP contribution in [0.2, 0.25) is 0 Å². The van der Waals surface area contributed by atoms with Crippen molar-refractivity contribution in [3.8, 4) is 6.07 Å². The lowest BCUT2D eigenvalue weighted by Gasteiger charge is -2.14. The van der Waals surface area contributed by atoms with E-state index in [0.29, 0.717) is 0 Å². The van der Waals surface area contributed by atoms with Gasteiger partial charge in [0, 0.05) is 4.90 Å². The van der Waals surface area contributed by atoms with Gasteiger partial charge in [0.15, 0.2) is 0 Å². The minimum atomic E-state index is -0.673. The van der Waals surface area contributed by atoms with Gasteiger partial charge < -0.3 is 5.73 Å². The summed E-state index contributed by atoms with van der Waals surface area (Å²) in [6.07, 6.45) is 1.72. The van der Waals surface area contributed by atoms with E-state index in [1.165, 1.54) is 10.5 Å². The van der Waals surface area contributed by atoms with E-state index in [1.54, 1.807) is 6.92 Å². The van der Waals surface area contributed by atoms with Crippen LogP contribution in [-0.4, -0.2) is 11.3 Å². The summed E-state index contributed by atoms with van der Waals surface area (Å²) in [7, 11) is 0. The Hall–Kier alpha value is -0.980. The van der Waals surface area contributed by atoms with E-state index in [1.807, 2.05) is 11.8 Å². The van der Waals surface area contributed by atoms with Gasteiger partial charge in [-0.3, -0.25) is 0 Å². The van der Waals surface area contributed by atoms with Gasteiger partial charge >= 0.3 is 0 Å². The van der Waals surface area contributed by atoms with E-state index in [-0.39, 0.29) is 0 Å². The van der Waals surface area contributed by atoms with E-state index in [4.69, 9.17) is 11.0 Å². The smallest absolute Gasteiger partial charge is 0.101 e. The average molecular weight is 234 g/mol. The molecular formula is C13H18N2S. The fraction of sp³-hybridized carbons (Fsp3) is 0.462. The highest BCUT2D eigenvalue weighted by Gasteiger charge is 2.15. The van der Waals surface area contributed by atoms with E-state index >= 15 is 0 Å². The molecule has 2 nitrogen and oxygen atoms in total. The summed E-state index contributed by atoms with van der Waals surface area (Å²) >= 11 is 1.82. The maximum atomic E-state index is 8.76. The lowest BCUT2D eigenvalue weighted by atomic mass is 10.0. The van der Waals surface area contributed by atoms with Gasteiger partial charge in [-0.15, -0.1) is 11.8 Å². The molecule has 1 atom stereocenters. The molecule has 1 unspecified atom stereocenters. The third-order valence-electron chi connectivity index (χ3n) is 2.39. The molecule has 3 heteroatoms. The number of aryl methyl sites for hydroxylation is 1. The van der Waals surface area contributed by atoms with Crippen molar-refractivity contribution in [1.82, 2.24) is 0 Å². The Balaban J connectivity index is 2.27. The van der Waals surface area contributed by atoms with Crippen LogP contribution in [-0.2, 0) is 0 Å². The monoisotopic (exact) mass is 234 g/mol. The Labute approximate surface area is 102 Å². The molecule has 0 spiro atoms. The zero-order chi connectivity index (χ0) is 12.0. The third-order valence-corrected chi connectivity index (χ3v) is 3.48. The van der Waals surface area contributed by atoms with Crippen molar-refractivity contribution in [2.75, 3.05) is 5.75 Å². The van der Waals surface area contributed by atoms with Crippen LogP contribution in [0.4, 0.5) is 0 Å². The molecule has 0 saturated heterocycles. The van der Waals surface area contributed by atoms with Crippen LogP contribution in [0.15, 0.2) is 29.2 Å². The second-order valence-electron chi connectivity index (χ2n) is 4.29. The van der Waals surface area contributed by atoms with Crippen LogP contribution >= 0.6 is 11.8 Å². The largest absolute Gasteiger partial charge is 0.314 e. The number of benzene rings is 1. The summed E-state index contributed by atoms with van der Waals surface area (Å²) in [5.74, 6) is 1.01. The molecule has 0 aliphatic heterocycles. The first-order valence-electron chi connectivity index (χ1n) is 5.43. The highest BCUT2D eigenvalue weighted by Crippen LogP contribution is 2.20. The zero-order valence-electron chi connectivity index (χ0n) is 9.86. The molecule has 0 fully saturated rings. The summed E-state index contributed by atoms with van der Waals surface area (Å²) in [6, 6.07) is 10.6. The molecule has 1 aromatic rings. The molecule has 0 saturated carbocycles. The number of nitrogens with two attached hydrogens (primary N) is 1. The maximum Gasteiger partial charge on any atom is 0.101 e. The van der Waals surface area contributed by atoms with Gasteiger partial charge in [0.25, 0.3) is 0 Å². The molecule has 0 aliphatic rings. The van der Waals surface area contributed by atoms with Crippen molar-refractivity contribution >= 4 is 11.8 Å². The summed E-state index contributed by atoms with van der Waals surface area (Å²) in [5.41, 5.74) is 6.35.